The lowest BCUT2D eigenvalue weighted by molar-refractivity contribution is 0.0735. The third-order valence-electron chi connectivity index (χ3n) is 5.49. The molecule has 0 spiro atoms. The van der Waals surface area contributed by atoms with Crippen LogP contribution in [0.3, 0.4) is 0 Å². The second-order valence-electron chi connectivity index (χ2n) is 7.52. The van der Waals surface area contributed by atoms with Crippen molar-refractivity contribution >= 4 is 11.7 Å². The van der Waals surface area contributed by atoms with Gasteiger partial charge in [0.25, 0.3) is 5.91 Å². The van der Waals surface area contributed by atoms with E-state index in [4.69, 9.17) is 0 Å². The minimum absolute atomic E-state index is 0.141. The average molecular weight is 451 g/mol. The van der Waals surface area contributed by atoms with Crippen LogP contribution >= 0.6 is 0 Å². The molecule has 168 valence electrons. The standard InChI is InChI=1S/C21H19F2N9O/c1-29-18(9-17(28-29)15-3-2-14(22)8-16(15)23)21(33)31-6-4-30(5-7-31)19-10-20(26-12-25-19)32-13-24-11-27-32/h2-3,8-13H,4-7H2,1H3. The lowest BCUT2D eigenvalue weighted by atomic mass is 10.1. The highest BCUT2D eigenvalue weighted by Gasteiger charge is 2.26. The van der Waals surface area contributed by atoms with Crippen LogP contribution in [0.1, 0.15) is 10.5 Å². The fourth-order valence-electron chi connectivity index (χ4n) is 3.76. The van der Waals surface area contributed by atoms with E-state index in [1.165, 1.54) is 29.5 Å². The first-order valence-electron chi connectivity index (χ1n) is 10.2. The van der Waals surface area contributed by atoms with Crippen LogP contribution in [0.25, 0.3) is 17.1 Å². The molecule has 5 rings (SSSR count). The summed E-state index contributed by atoms with van der Waals surface area (Å²) in [6, 6.07) is 6.62. The Balaban J connectivity index is 1.29. The zero-order valence-electron chi connectivity index (χ0n) is 17.6. The summed E-state index contributed by atoms with van der Waals surface area (Å²) < 4.78 is 30.3. The molecule has 1 fully saturated rings. The number of piperazine rings is 1. The van der Waals surface area contributed by atoms with Crippen LogP contribution in [-0.2, 0) is 7.05 Å². The number of halogens is 2. The molecule has 0 saturated carbocycles. The largest absolute Gasteiger partial charge is 0.353 e. The second kappa shape index (κ2) is 8.37. The topological polar surface area (TPSA) is 97.9 Å². The first-order valence-corrected chi connectivity index (χ1v) is 10.2. The predicted molar refractivity (Wildman–Crippen MR) is 114 cm³/mol. The van der Waals surface area contributed by atoms with Crippen LogP contribution in [0.5, 0.6) is 0 Å². The first-order chi connectivity index (χ1) is 16.0. The Morgan fingerprint density at radius 2 is 1.76 bits per heavy atom. The Hall–Kier alpha value is -4.22. The summed E-state index contributed by atoms with van der Waals surface area (Å²) in [5, 5.41) is 8.33. The minimum Gasteiger partial charge on any atom is -0.353 e. The van der Waals surface area contributed by atoms with E-state index in [1.807, 2.05) is 6.07 Å². The van der Waals surface area contributed by atoms with Crippen molar-refractivity contribution in [1.29, 1.82) is 0 Å². The fraction of sp³-hybridized carbons (Fsp3) is 0.238. The third kappa shape index (κ3) is 4.02. The molecule has 33 heavy (non-hydrogen) atoms. The van der Waals surface area contributed by atoms with Gasteiger partial charge in [0.1, 0.15) is 42.1 Å². The number of carbonyl (C=O) groups is 1. The summed E-state index contributed by atoms with van der Waals surface area (Å²) in [4.78, 5) is 29.4. The predicted octanol–water partition coefficient (Wildman–Crippen LogP) is 1.70. The lowest BCUT2D eigenvalue weighted by Crippen LogP contribution is -2.49. The van der Waals surface area contributed by atoms with Crippen LogP contribution in [0, 0.1) is 11.6 Å². The van der Waals surface area contributed by atoms with E-state index < -0.39 is 11.6 Å². The van der Waals surface area contributed by atoms with E-state index in [0.29, 0.717) is 37.7 Å². The van der Waals surface area contributed by atoms with E-state index in [2.05, 4.69) is 30.0 Å². The molecule has 4 heterocycles. The molecule has 12 heteroatoms. The maximum Gasteiger partial charge on any atom is 0.272 e. The van der Waals surface area contributed by atoms with Crippen molar-refractivity contribution in [2.24, 2.45) is 7.05 Å². The molecule has 1 aliphatic rings. The van der Waals surface area contributed by atoms with Gasteiger partial charge in [-0.15, -0.1) is 0 Å². The molecule has 0 bridgehead atoms. The Morgan fingerprint density at radius 3 is 2.48 bits per heavy atom. The molecule has 0 atom stereocenters. The van der Waals surface area contributed by atoms with Crippen LogP contribution < -0.4 is 4.90 Å². The highest BCUT2D eigenvalue weighted by atomic mass is 19.1. The van der Waals surface area contributed by atoms with Gasteiger partial charge in [0.05, 0.1) is 5.69 Å². The smallest absolute Gasteiger partial charge is 0.272 e. The van der Waals surface area contributed by atoms with Gasteiger partial charge in [0.2, 0.25) is 0 Å². The zero-order valence-corrected chi connectivity index (χ0v) is 17.6. The second-order valence-corrected chi connectivity index (χ2v) is 7.52. The van der Waals surface area contributed by atoms with Gasteiger partial charge in [-0.1, -0.05) is 0 Å². The van der Waals surface area contributed by atoms with Crippen molar-refractivity contribution in [3.05, 3.63) is 66.6 Å². The first kappa shape index (κ1) is 20.7. The number of aryl methyl sites for hydroxylation is 1. The molecule has 0 N–H and O–H groups in total. The number of rotatable bonds is 4. The van der Waals surface area contributed by atoms with Crippen molar-refractivity contribution in [1.82, 2.24) is 39.4 Å². The number of hydrogen-bond donors (Lipinski definition) is 0. The summed E-state index contributed by atoms with van der Waals surface area (Å²) in [6.45, 7) is 2.12. The highest BCUT2D eigenvalue weighted by molar-refractivity contribution is 5.94. The highest BCUT2D eigenvalue weighted by Crippen LogP contribution is 2.24. The molecule has 1 aliphatic heterocycles. The van der Waals surface area contributed by atoms with Crippen LogP contribution in [0.15, 0.2) is 49.3 Å². The molecular formula is C21H19F2N9O. The summed E-state index contributed by atoms with van der Waals surface area (Å²) in [5.41, 5.74) is 0.749. The van der Waals surface area contributed by atoms with Crippen molar-refractivity contribution in [3.8, 4) is 17.1 Å². The third-order valence-corrected chi connectivity index (χ3v) is 5.49. The van der Waals surface area contributed by atoms with Gasteiger partial charge in [-0.25, -0.2) is 28.4 Å². The Labute approximate surface area is 187 Å². The quantitative estimate of drug-likeness (QED) is 0.466. The Morgan fingerprint density at radius 1 is 0.970 bits per heavy atom. The van der Waals surface area contributed by atoms with Gasteiger partial charge in [0.15, 0.2) is 5.82 Å². The molecule has 4 aromatic rings. The Kier molecular flexibility index (Phi) is 5.24. The van der Waals surface area contributed by atoms with Gasteiger partial charge in [0, 0.05) is 50.9 Å². The molecule has 3 aromatic heterocycles. The van der Waals surface area contributed by atoms with Crippen LogP contribution in [0.4, 0.5) is 14.6 Å². The zero-order chi connectivity index (χ0) is 22.9. The van der Waals surface area contributed by atoms with Gasteiger partial charge in [-0.05, 0) is 18.2 Å². The normalized spacial score (nSPS) is 14.0. The van der Waals surface area contributed by atoms with E-state index in [-0.39, 0.29) is 17.2 Å². The summed E-state index contributed by atoms with van der Waals surface area (Å²) in [6.07, 6.45) is 4.46. The number of nitrogens with zero attached hydrogens (tertiary/aromatic N) is 9. The lowest BCUT2D eigenvalue weighted by Gasteiger charge is -2.35. The van der Waals surface area contributed by atoms with Gasteiger partial charge < -0.3 is 9.80 Å². The molecule has 0 radical (unpaired) electrons. The summed E-state index contributed by atoms with van der Waals surface area (Å²) >= 11 is 0. The number of anilines is 1. The monoisotopic (exact) mass is 451 g/mol. The SMILES string of the molecule is Cn1nc(-c2ccc(F)cc2F)cc1C(=O)N1CCN(c2cc(-n3cncn3)ncn2)CC1. The van der Waals surface area contributed by atoms with Crippen molar-refractivity contribution in [3.63, 3.8) is 0 Å². The minimum atomic E-state index is -0.726. The van der Waals surface area contributed by atoms with Crippen molar-refractivity contribution < 1.29 is 13.6 Å². The molecule has 1 saturated heterocycles. The number of amides is 1. The van der Waals surface area contributed by atoms with E-state index >= 15 is 0 Å². The molecule has 1 amide bonds. The van der Waals surface area contributed by atoms with Gasteiger partial charge >= 0.3 is 0 Å². The van der Waals surface area contributed by atoms with Gasteiger partial charge in [-0.3, -0.25) is 9.48 Å². The van der Waals surface area contributed by atoms with E-state index in [1.54, 1.807) is 23.0 Å². The van der Waals surface area contributed by atoms with E-state index in [0.717, 1.165) is 18.0 Å². The van der Waals surface area contributed by atoms with Gasteiger partial charge in [-0.2, -0.15) is 10.2 Å². The average Bonchev–Trinajstić information content (AvgIpc) is 3.49. The number of aromatic nitrogens is 7. The molecule has 0 unspecified atom stereocenters. The van der Waals surface area contributed by atoms with Crippen molar-refractivity contribution in [2.45, 2.75) is 0 Å². The van der Waals surface area contributed by atoms with E-state index in [9.17, 15) is 13.6 Å². The molecular weight excluding hydrogens is 432 g/mol. The fourth-order valence-corrected chi connectivity index (χ4v) is 3.76. The Bertz CT molecular complexity index is 1300. The summed E-state index contributed by atoms with van der Waals surface area (Å²) in [7, 11) is 1.63. The van der Waals surface area contributed by atoms with Crippen LogP contribution in [-0.4, -0.2) is 71.5 Å². The van der Waals surface area contributed by atoms with Crippen LogP contribution in [0.2, 0.25) is 0 Å². The molecule has 0 aliphatic carbocycles. The maximum atomic E-state index is 14.1. The summed E-state index contributed by atoms with van der Waals surface area (Å²) in [5.74, 6) is -0.262. The maximum absolute atomic E-state index is 14.1. The number of benzene rings is 1. The van der Waals surface area contributed by atoms with Crippen molar-refractivity contribution in [2.75, 3.05) is 31.1 Å². The molecule has 1 aromatic carbocycles. The molecule has 10 nitrogen and oxygen atoms in total. The number of hydrogen-bond acceptors (Lipinski definition) is 7. The number of carbonyl (C=O) groups excluding carboxylic acids is 1.